The maximum absolute atomic E-state index is 10.00. The van der Waals surface area contributed by atoms with Gasteiger partial charge in [0, 0.05) is 45.7 Å². The summed E-state index contributed by atoms with van der Waals surface area (Å²) in [6, 6.07) is 10.2. The molecule has 45 heavy (non-hydrogen) atoms. The fourth-order valence-electron chi connectivity index (χ4n) is 4.66. The van der Waals surface area contributed by atoms with Gasteiger partial charge in [-0.1, -0.05) is 34.6 Å². The molecule has 0 bridgehead atoms. The van der Waals surface area contributed by atoms with Crippen molar-refractivity contribution in [2.75, 3.05) is 93.1 Å². The van der Waals surface area contributed by atoms with Crippen LogP contribution in [0.4, 0.5) is 0 Å². The van der Waals surface area contributed by atoms with Crippen molar-refractivity contribution in [3.63, 3.8) is 0 Å². The Labute approximate surface area is 264 Å². The van der Waals surface area contributed by atoms with Crippen LogP contribution in [0.15, 0.2) is 58.9 Å². The zero-order valence-electron chi connectivity index (χ0n) is 26.1. The van der Waals surface area contributed by atoms with Crippen molar-refractivity contribution in [1.82, 2.24) is 9.80 Å². The van der Waals surface area contributed by atoms with Crippen LogP contribution in [0.2, 0.25) is 0 Å². The Morgan fingerprint density at radius 3 is 1.53 bits per heavy atom. The Balaban J connectivity index is 1.52. The summed E-state index contributed by atoms with van der Waals surface area (Å²) >= 11 is 0. The lowest BCUT2D eigenvalue weighted by Crippen LogP contribution is -2.38. The van der Waals surface area contributed by atoms with E-state index in [4.69, 9.17) is 28.6 Å². The van der Waals surface area contributed by atoms with Gasteiger partial charge in [0.2, 0.25) is 0 Å². The van der Waals surface area contributed by atoms with Gasteiger partial charge in [0.05, 0.1) is 52.1 Å². The first-order valence-electron chi connectivity index (χ1n) is 15.1. The molecule has 2 heterocycles. The zero-order chi connectivity index (χ0) is 31.7. The van der Waals surface area contributed by atoms with Gasteiger partial charge in [-0.25, -0.2) is 0 Å². The van der Waals surface area contributed by atoms with Crippen molar-refractivity contribution < 1.29 is 38.8 Å². The number of benzene rings is 2. The molecule has 0 amide bonds. The number of aromatic hydroxyl groups is 2. The summed E-state index contributed by atoms with van der Waals surface area (Å²) in [6.07, 6.45) is 7.75. The molecule has 0 spiro atoms. The third-order valence-corrected chi connectivity index (χ3v) is 7.27. The van der Waals surface area contributed by atoms with Crippen molar-refractivity contribution in [3.8, 4) is 23.0 Å². The minimum Gasteiger partial charge on any atom is -0.504 e. The van der Waals surface area contributed by atoms with E-state index in [0.717, 1.165) is 76.8 Å². The summed E-state index contributed by atoms with van der Waals surface area (Å²) in [5.41, 5.74) is 2.87. The van der Waals surface area contributed by atoms with Crippen LogP contribution >= 0.6 is 0 Å². The molecular weight excluding hydrogens is 580 g/mol. The van der Waals surface area contributed by atoms with Crippen LogP contribution in [0.25, 0.3) is 12.2 Å². The first kappa shape index (κ1) is 33.8. The standard InChI is InChI=1S/C33H44N4O8/c1-40-32-23-26(5-9-30(32)38)3-7-28(34-44-21-15-36-11-17-42-18-12-36)25-29(35-45-22-16-37-13-19-43-20-14-37)8-4-27-6-10-31(39)33(24-27)41-2/h3-10,23-24,38-39H,11-22,25H2,1-2H3/b7-3+,8-4+,34-28+,35-29+. The minimum absolute atomic E-state index is 0.0645. The number of phenols is 2. The Morgan fingerprint density at radius 2 is 1.13 bits per heavy atom. The molecule has 12 heteroatoms. The van der Waals surface area contributed by atoms with Gasteiger partial charge in [-0.3, -0.25) is 9.80 Å². The highest BCUT2D eigenvalue weighted by Crippen LogP contribution is 2.28. The third-order valence-electron chi connectivity index (χ3n) is 7.27. The molecule has 0 radical (unpaired) electrons. The Bertz CT molecular complexity index is 1220. The van der Waals surface area contributed by atoms with Gasteiger partial charge in [-0.15, -0.1) is 0 Å². The topological polar surface area (TPSA) is 127 Å². The van der Waals surface area contributed by atoms with Crippen LogP contribution < -0.4 is 9.47 Å². The smallest absolute Gasteiger partial charge is 0.161 e. The number of rotatable bonds is 16. The van der Waals surface area contributed by atoms with Gasteiger partial charge in [0.1, 0.15) is 13.2 Å². The number of hydrogen-bond donors (Lipinski definition) is 2. The van der Waals surface area contributed by atoms with Gasteiger partial charge in [0.15, 0.2) is 23.0 Å². The molecule has 2 aliphatic heterocycles. The van der Waals surface area contributed by atoms with Gasteiger partial charge in [-0.05, 0) is 47.5 Å². The number of oxime groups is 2. The van der Waals surface area contributed by atoms with Crippen molar-refractivity contribution in [2.24, 2.45) is 10.3 Å². The summed E-state index contributed by atoms with van der Waals surface area (Å²) in [6.45, 7) is 8.70. The van der Waals surface area contributed by atoms with Crippen molar-refractivity contribution in [2.45, 2.75) is 6.42 Å². The molecule has 244 valence electrons. The lowest BCUT2D eigenvalue weighted by atomic mass is 10.1. The highest BCUT2D eigenvalue weighted by Gasteiger charge is 2.12. The fourth-order valence-corrected chi connectivity index (χ4v) is 4.66. The highest BCUT2D eigenvalue weighted by atomic mass is 16.6. The molecule has 12 nitrogen and oxygen atoms in total. The number of methoxy groups -OCH3 is 2. The SMILES string of the molecule is COc1cc(/C=C/C(CC(/C=C/c2ccc(O)c(OC)c2)=N/OCCN2CCOCC2)=N\OCCN2CCOCC2)ccc1O. The second kappa shape index (κ2) is 18.6. The first-order chi connectivity index (χ1) is 22.0. The summed E-state index contributed by atoms with van der Waals surface area (Å²) in [4.78, 5) is 16.1. The average molecular weight is 625 g/mol. The van der Waals surface area contributed by atoms with Crippen molar-refractivity contribution in [3.05, 3.63) is 59.7 Å². The molecule has 0 unspecified atom stereocenters. The Morgan fingerprint density at radius 1 is 0.711 bits per heavy atom. The minimum atomic E-state index is 0.0645. The van der Waals surface area contributed by atoms with Crippen molar-refractivity contribution in [1.29, 1.82) is 0 Å². The number of hydrogen-bond acceptors (Lipinski definition) is 12. The summed E-state index contributed by atoms with van der Waals surface area (Å²) in [7, 11) is 3.02. The average Bonchev–Trinajstić information content (AvgIpc) is 3.08. The fraction of sp³-hybridized carbons (Fsp3) is 0.455. The second-order valence-electron chi connectivity index (χ2n) is 10.4. The predicted molar refractivity (Wildman–Crippen MR) is 173 cm³/mol. The molecule has 0 atom stereocenters. The highest BCUT2D eigenvalue weighted by molar-refractivity contribution is 6.15. The lowest BCUT2D eigenvalue weighted by Gasteiger charge is -2.25. The van der Waals surface area contributed by atoms with Crippen LogP contribution in [0.3, 0.4) is 0 Å². The third kappa shape index (κ3) is 11.7. The van der Waals surface area contributed by atoms with E-state index in [1.807, 2.05) is 24.3 Å². The number of nitrogens with zero attached hydrogens (tertiary/aromatic N) is 4. The normalized spacial score (nSPS) is 17.2. The van der Waals surface area contributed by atoms with Crippen LogP contribution in [-0.2, 0) is 19.1 Å². The van der Waals surface area contributed by atoms with E-state index in [1.165, 1.54) is 14.2 Å². The molecule has 2 aliphatic rings. The number of allylic oxidation sites excluding steroid dienone is 2. The summed E-state index contributed by atoms with van der Waals surface area (Å²) in [5.74, 6) is 0.880. The summed E-state index contributed by atoms with van der Waals surface area (Å²) < 4.78 is 21.4. The predicted octanol–water partition coefficient (Wildman–Crippen LogP) is 3.64. The lowest BCUT2D eigenvalue weighted by molar-refractivity contribution is 0.0211. The largest absolute Gasteiger partial charge is 0.504 e. The van der Waals surface area contributed by atoms with E-state index in [9.17, 15) is 10.2 Å². The van der Waals surface area contributed by atoms with E-state index >= 15 is 0 Å². The van der Waals surface area contributed by atoms with Crippen LogP contribution in [-0.4, -0.2) is 125 Å². The summed E-state index contributed by atoms with van der Waals surface area (Å²) in [5, 5.41) is 28.9. The molecule has 0 aromatic heterocycles. The van der Waals surface area contributed by atoms with Crippen LogP contribution in [0.1, 0.15) is 17.5 Å². The molecule has 4 rings (SSSR count). The second-order valence-corrected chi connectivity index (χ2v) is 10.4. The molecule has 2 N–H and O–H groups in total. The van der Waals surface area contributed by atoms with Crippen LogP contribution in [0.5, 0.6) is 23.0 Å². The zero-order valence-corrected chi connectivity index (χ0v) is 26.1. The quantitative estimate of drug-likeness (QED) is 0.162. The molecule has 2 aromatic rings. The molecular formula is C33H44N4O8. The van der Waals surface area contributed by atoms with Gasteiger partial charge < -0.3 is 38.8 Å². The molecule has 2 saturated heterocycles. The maximum Gasteiger partial charge on any atom is 0.161 e. The molecule has 2 aromatic carbocycles. The van der Waals surface area contributed by atoms with E-state index < -0.39 is 0 Å². The number of morpholine rings is 2. The van der Waals surface area contributed by atoms with Gasteiger partial charge >= 0.3 is 0 Å². The van der Waals surface area contributed by atoms with Gasteiger partial charge in [0.25, 0.3) is 0 Å². The maximum atomic E-state index is 10.00. The van der Waals surface area contributed by atoms with Crippen molar-refractivity contribution >= 4 is 23.6 Å². The molecule has 0 saturated carbocycles. The Kier molecular flexibility index (Phi) is 14.0. The van der Waals surface area contributed by atoms with E-state index in [-0.39, 0.29) is 11.5 Å². The Hall–Kier alpha value is -4.10. The monoisotopic (exact) mass is 624 g/mol. The first-order valence-corrected chi connectivity index (χ1v) is 15.1. The van der Waals surface area contributed by atoms with Gasteiger partial charge in [-0.2, -0.15) is 0 Å². The van der Waals surface area contributed by atoms with Crippen LogP contribution in [0, 0.1) is 0 Å². The van der Waals surface area contributed by atoms with E-state index in [0.29, 0.717) is 42.6 Å². The number of ether oxygens (including phenoxy) is 4. The van der Waals surface area contributed by atoms with E-state index in [1.54, 1.807) is 36.4 Å². The van der Waals surface area contributed by atoms with E-state index in [2.05, 4.69) is 20.1 Å². The molecule has 0 aliphatic carbocycles. The number of phenolic OH excluding ortho intramolecular Hbond substituents is 2. The molecule has 2 fully saturated rings.